The fourth-order valence-corrected chi connectivity index (χ4v) is 1.27. The summed E-state index contributed by atoms with van der Waals surface area (Å²) in [4.78, 5) is 4.12. The quantitative estimate of drug-likeness (QED) is 0.863. The molecular formula is C11H15F3N2. The lowest BCUT2D eigenvalue weighted by Gasteiger charge is -2.10. The van der Waals surface area contributed by atoms with Crippen LogP contribution in [0.15, 0.2) is 18.3 Å². The highest BCUT2D eigenvalue weighted by Gasteiger charge is 2.26. The topological polar surface area (TPSA) is 24.9 Å². The molecule has 0 spiro atoms. The Balaban J connectivity index is 2.58. The van der Waals surface area contributed by atoms with E-state index in [9.17, 15) is 13.2 Å². The van der Waals surface area contributed by atoms with Crippen molar-refractivity contribution in [2.24, 2.45) is 0 Å². The summed E-state index contributed by atoms with van der Waals surface area (Å²) in [5, 5.41) is 3.01. The van der Waals surface area contributed by atoms with Crippen LogP contribution in [0.4, 0.5) is 13.2 Å². The number of alkyl halides is 3. The van der Waals surface area contributed by atoms with E-state index in [4.69, 9.17) is 0 Å². The van der Waals surface area contributed by atoms with Crippen molar-refractivity contribution in [1.29, 1.82) is 0 Å². The van der Waals surface area contributed by atoms with Crippen LogP contribution < -0.4 is 5.32 Å². The average Bonchev–Trinajstić information content (AvgIpc) is 2.25. The predicted molar refractivity (Wildman–Crippen MR) is 56.1 cm³/mol. The summed E-state index contributed by atoms with van der Waals surface area (Å²) in [6.45, 7) is 1.94. The van der Waals surface area contributed by atoms with Crippen molar-refractivity contribution in [3.63, 3.8) is 0 Å². The Morgan fingerprint density at radius 3 is 2.50 bits per heavy atom. The maximum absolute atomic E-state index is 12.0. The number of nitrogens with one attached hydrogen (secondary N) is 1. The lowest BCUT2D eigenvalue weighted by Crippen LogP contribution is -2.14. The molecule has 90 valence electrons. The zero-order valence-corrected chi connectivity index (χ0v) is 9.30. The summed E-state index contributed by atoms with van der Waals surface area (Å²) in [6.07, 6.45) is -3.40. The third-order valence-corrected chi connectivity index (χ3v) is 2.42. The van der Waals surface area contributed by atoms with Gasteiger partial charge in [0.2, 0.25) is 0 Å². The number of aromatic nitrogens is 1. The minimum atomic E-state index is -4.10. The standard InChI is InChI=1S/C11H15F3N2/c1-8(15-2)10-4-3-9(7-16-10)5-6-11(12,13)14/h3-4,7-8,15H,5-6H2,1-2H3. The van der Waals surface area contributed by atoms with E-state index < -0.39 is 12.6 Å². The van der Waals surface area contributed by atoms with Crippen molar-refractivity contribution >= 4 is 0 Å². The van der Waals surface area contributed by atoms with Gasteiger partial charge in [0.25, 0.3) is 0 Å². The summed E-state index contributed by atoms with van der Waals surface area (Å²) in [7, 11) is 1.81. The summed E-state index contributed by atoms with van der Waals surface area (Å²) in [5.41, 5.74) is 1.45. The van der Waals surface area contributed by atoms with Gasteiger partial charge in [0.05, 0.1) is 5.69 Å². The van der Waals surface area contributed by atoms with Crippen LogP contribution in [0.3, 0.4) is 0 Å². The molecule has 1 unspecified atom stereocenters. The maximum Gasteiger partial charge on any atom is 0.389 e. The van der Waals surface area contributed by atoms with Gasteiger partial charge >= 0.3 is 6.18 Å². The molecule has 1 aromatic heterocycles. The second kappa shape index (κ2) is 5.30. The molecule has 1 rings (SSSR count). The third kappa shape index (κ3) is 4.18. The second-order valence-corrected chi connectivity index (χ2v) is 3.72. The first kappa shape index (κ1) is 13.0. The van der Waals surface area contributed by atoms with Gasteiger partial charge in [0.1, 0.15) is 0 Å². The first-order chi connectivity index (χ1) is 7.42. The predicted octanol–water partition coefficient (Wildman–Crippen LogP) is 2.86. The molecule has 0 bridgehead atoms. The van der Waals surface area contributed by atoms with Crippen LogP contribution in [0.5, 0.6) is 0 Å². The minimum absolute atomic E-state index is 0.00921. The third-order valence-electron chi connectivity index (χ3n) is 2.42. The molecule has 0 amide bonds. The van der Waals surface area contributed by atoms with Gasteiger partial charge in [-0.25, -0.2) is 0 Å². The molecule has 2 nitrogen and oxygen atoms in total. The van der Waals surface area contributed by atoms with Crippen molar-refractivity contribution in [3.8, 4) is 0 Å². The van der Waals surface area contributed by atoms with Gasteiger partial charge in [-0.1, -0.05) is 6.07 Å². The fourth-order valence-electron chi connectivity index (χ4n) is 1.27. The van der Waals surface area contributed by atoms with Crippen LogP contribution in [0, 0.1) is 0 Å². The fraction of sp³-hybridized carbons (Fsp3) is 0.545. The van der Waals surface area contributed by atoms with Gasteiger partial charge in [-0.05, 0) is 32.0 Å². The molecule has 0 radical (unpaired) electrons. The van der Waals surface area contributed by atoms with Crippen molar-refractivity contribution < 1.29 is 13.2 Å². The number of rotatable bonds is 4. The zero-order valence-electron chi connectivity index (χ0n) is 9.30. The van der Waals surface area contributed by atoms with Crippen LogP contribution in [0.1, 0.15) is 30.6 Å². The van der Waals surface area contributed by atoms with Crippen molar-refractivity contribution in [1.82, 2.24) is 10.3 Å². The highest BCUT2D eigenvalue weighted by molar-refractivity contribution is 5.16. The van der Waals surface area contributed by atoms with Crippen LogP contribution >= 0.6 is 0 Å². The Morgan fingerprint density at radius 1 is 1.38 bits per heavy atom. The van der Waals surface area contributed by atoms with E-state index in [1.165, 1.54) is 6.20 Å². The van der Waals surface area contributed by atoms with Gasteiger partial charge < -0.3 is 5.32 Å². The highest BCUT2D eigenvalue weighted by atomic mass is 19.4. The lowest BCUT2D eigenvalue weighted by atomic mass is 10.1. The van der Waals surface area contributed by atoms with E-state index >= 15 is 0 Å². The molecule has 0 aliphatic carbocycles. The Kier molecular flexibility index (Phi) is 4.29. The number of nitrogens with zero attached hydrogens (tertiary/aromatic N) is 1. The molecule has 16 heavy (non-hydrogen) atoms. The second-order valence-electron chi connectivity index (χ2n) is 3.72. The van der Waals surface area contributed by atoms with Gasteiger partial charge in [-0.15, -0.1) is 0 Å². The normalized spacial score (nSPS) is 13.8. The summed E-state index contributed by atoms with van der Waals surface area (Å²) in [6, 6.07) is 3.56. The first-order valence-corrected chi connectivity index (χ1v) is 5.11. The molecule has 1 atom stereocenters. The van der Waals surface area contributed by atoms with Crippen LogP contribution in [0.25, 0.3) is 0 Å². The monoisotopic (exact) mass is 232 g/mol. The first-order valence-electron chi connectivity index (χ1n) is 5.11. The molecule has 5 heteroatoms. The van der Waals surface area contributed by atoms with Crippen LogP contribution in [-0.2, 0) is 6.42 Å². The molecule has 1 aromatic rings. The molecule has 0 aliphatic heterocycles. The van der Waals surface area contributed by atoms with Crippen molar-refractivity contribution in [2.45, 2.75) is 32.0 Å². The molecule has 0 saturated heterocycles. The molecule has 0 saturated carbocycles. The largest absolute Gasteiger partial charge is 0.389 e. The SMILES string of the molecule is CNC(C)c1ccc(CCC(F)(F)F)cn1. The minimum Gasteiger partial charge on any atom is -0.312 e. The van der Waals surface area contributed by atoms with E-state index in [-0.39, 0.29) is 12.5 Å². The smallest absolute Gasteiger partial charge is 0.312 e. The highest BCUT2D eigenvalue weighted by Crippen LogP contribution is 2.22. The molecule has 0 aromatic carbocycles. The maximum atomic E-state index is 12.0. The van der Waals surface area contributed by atoms with Crippen molar-refractivity contribution in [3.05, 3.63) is 29.6 Å². The number of halogens is 3. The van der Waals surface area contributed by atoms with E-state index in [0.717, 1.165) is 5.69 Å². The van der Waals surface area contributed by atoms with Gasteiger partial charge in [0.15, 0.2) is 0 Å². The van der Waals surface area contributed by atoms with Gasteiger partial charge in [0, 0.05) is 18.7 Å². The Labute approximate surface area is 92.9 Å². The lowest BCUT2D eigenvalue weighted by molar-refractivity contribution is -0.134. The number of aryl methyl sites for hydroxylation is 1. The Morgan fingerprint density at radius 2 is 2.06 bits per heavy atom. The Hall–Kier alpha value is -1.10. The molecular weight excluding hydrogens is 217 g/mol. The number of hydrogen-bond acceptors (Lipinski definition) is 2. The summed E-state index contributed by atoms with van der Waals surface area (Å²) < 4.78 is 35.9. The molecule has 0 fully saturated rings. The summed E-state index contributed by atoms with van der Waals surface area (Å²) >= 11 is 0. The van der Waals surface area contributed by atoms with E-state index in [0.29, 0.717) is 5.56 Å². The van der Waals surface area contributed by atoms with Gasteiger partial charge in [-0.3, -0.25) is 4.98 Å². The summed E-state index contributed by atoms with van der Waals surface area (Å²) in [5.74, 6) is 0. The molecule has 1 heterocycles. The van der Waals surface area contributed by atoms with E-state index in [1.807, 2.05) is 14.0 Å². The average molecular weight is 232 g/mol. The van der Waals surface area contributed by atoms with E-state index in [2.05, 4.69) is 10.3 Å². The molecule has 0 aliphatic rings. The van der Waals surface area contributed by atoms with Gasteiger partial charge in [-0.2, -0.15) is 13.2 Å². The van der Waals surface area contributed by atoms with E-state index in [1.54, 1.807) is 12.1 Å². The zero-order chi connectivity index (χ0) is 12.2. The van der Waals surface area contributed by atoms with Crippen molar-refractivity contribution in [2.75, 3.05) is 7.05 Å². The molecule has 1 N–H and O–H groups in total. The number of hydrogen-bond donors (Lipinski definition) is 1. The van der Waals surface area contributed by atoms with Crippen LogP contribution in [-0.4, -0.2) is 18.2 Å². The Bertz CT molecular complexity index is 319. The number of pyridine rings is 1. The van der Waals surface area contributed by atoms with Crippen LogP contribution in [0.2, 0.25) is 0 Å².